The van der Waals surface area contributed by atoms with Crippen molar-refractivity contribution in [3.63, 3.8) is 0 Å². The summed E-state index contributed by atoms with van der Waals surface area (Å²) < 4.78 is 4.97. The van der Waals surface area contributed by atoms with E-state index >= 15 is 0 Å². The summed E-state index contributed by atoms with van der Waals surface area (Å²) in [4.78, 5) is 14.8. The molecule has 6 heteroatoms. The molecule has 6 nitrogen and oxygen atoms in total. The molecule has 2 rings (SSSR count). The quantitative estimate of drug-likeness (QED) is 0.668. The molecule has 1 aromatic heterocycles. The van der Waals surface area contributed by atoms with E-state index in [1.165, 1.54) is 13.2 Å². The minimum absolute atomic E-state index is 0.0517. The molecule has 1 aromatic carbocycles. The second-order valence-corrected chi connectivity index (χ2v) is 4.26. The number of nitrogens with one attached hydrogen (secondary N) is 1. The Balaban J connectivity index is 2.22. The van der Waals surface area contributed by atoms with Gasteiger partial charge in [0.1, 0.15) is 0 Å². The van der Waals surface area contributed by atoms with E-state index in [0.717, 1.165) is 5.69 Å². The molecule has 0 aliphatic rings. The number of nitro groups is 1. The van der Waals surface area contributed by atoms with Crippen LogP contribution in [0.25, 0.3) is 0 Å². The number of hydrogen-bond donors (Lipinski definition) is 1. The Morgan fingerprint density at radius 1 is 1.35 bits per heavy atom. The molecule has 0 radical (unpaired) electrons. The lowest BCUT2D eigenvalue weighted by atomic mass is 10.2. The zero-order valence-corrected chi connectivity index (χ0v) is 11.2. The highest BCUT2D eigenvalue weighted by Gasteiger charge is 2.16. The number of nitro benzene ring substituents is 1. The first-order chi connectivity index (χ1) is 9.61. The molecule has 20 heavy (non-hydrogen) atoms. The van der Waals surface area contributed by atoms with Crippen LogP contribution in [-0.2, 0) is 0 Å². The van der Waals surface area contributed by atoms with Crippen molar-refractivity contribution in [1.29, 1.82) is 0 Å². The van der Waals surface area contributed by atoms with Crippen molar-refractivity contribution >= 4 is 11.4 Å². The average Bonchev–Trinajstić information content (AvgIpc) is 2.48. The largest absolute Gasteiger partial charge is 0.490 e. The number of nitrogens with zero attached hydrogens (tertiary/aromatic N) is 2. The van der Waals surface area contributed by atoms with E-state index < -0.39 is 4.92 Å². The van der Waals surface area contributed by atoms with Gasteiger partial charge in [-0.2, -0.15) is 0 Å². The van der Waals surface area contributed by atoms with Crippen molar-refractivity contribution in [3.05, 3.63) is 58.4 Å². The SMILES string of the molecule is COc1ccc(NC(C)c2ccccn2)cc1[N+](=O)[O-]. The summed E-state index contributed by atoms with van der Waals surface area (Å²) in [6.07, 6.45) is 1.71. The monoisotopic (exact) mass is 273 g/mol. The van der Waals surface area contributed by atoms with Crippen LogP contribution in [0.2, 0.25) is 0 Å². The number of ether oxygens (including phenoxy) is 1. The molecule has 0 bridgehead atoms. The van der Waals surface area contributed by atoms with Crippen molar-refractivity contribution in [2.24, 2.45) is 0 Å². The molecule has 0 saturated carbocycles. The third-order valence-electron chi connectivity index (χ3n) is 2.89. The van der Waals surface area contributed by atoms with Crippen LogP contribution < -0.4 is 10.1 Å². The second-order valence-electron chi connectivity index (χ2n) is 4.26. The third-order valence-corrected chi connectivity index (χ3v) is 2.89. The smallest absolute Gasteiger partial charge is 0.312 e. The van der Waals surface area contributed by atoms with Gasteiger partial charge in [-0.1, -0.05) is 6.07 Å². The van der Waals surface area contributed by atoms with E-state index in [1.54, 1.807) is 18.3 Å². The normalized spacial score (nSPS) is 11.7. The first-order valence-electron chi connectivity index (χ1n) is 6.11. The molecule has 2 aromatic rings. The summed E-state index contributed by atoms with van der Waals surface area (Å²) in [7, 11) is 1.41. The van der Waals surface area contributed by atoms with Crippen molar-refractivity contribution in [2.45, 2.75) is 13.0 Å². The highest BCUT2D eigenvalue weighted by Crippen LogP contribution is 2.30. The maximum Gasteiger partial charge on any atom is 0.312 e. The lowest BCUT2D eigenvalue weighted by Crippen LogP contribution is -2.08. The van der Waals surface area contributed by atoms with Crippen LogP contribution in [-0.4, -0.2) is 17.0 Å². The molecule has 104 valence electrons. The fourth-order valence-corrected chi connectivity index (χ4v) is 1.88. The number of benzene rings is 1. The Morgan fingerprint density at radius 2 is 2.15 bits per heavy atom. The van der Waals surface area contributed by atoms with E-state index in [2.05, 4.69) is 10.3 Å². The number of pyridine rings is 1. The molecule has 1 heterocycles. The predicted octanol–water partition coefficient (Wildman–Crippen LogP) is 3.17. The third kappa shape index (κ3) is 3.03. The molecular formula is C14H15N3O3. The molecule has 1 N–H and O–H groups in total. The van der Waals surface area contributed by atoms with Gasteiger partial charge in [-0.05, 0) is 31.2 Å². The average molecular weight is 273 g/mol. The maximum atomic E-state index is 11.0. The maximum absolute atomic E-state index is 11.0. The predicted molar refractivity (Wildman–Crippen MR) is 75.9 cm³/mol. The fraction of sp³-hybridized carbons (Fsp3) is 0.214. The molecular weight excluding hydrogens is 258 g/mol. The van der Waals surface area contributed by atoms with Crippen LogP contribution in [0.4, 0.5) is 11.4 Å². The van der Waals surface area contributed by atoms with Crippen molar-refractivity contribution < 1.29 is 9.66 Å². The minimum atomic E-state index is -0.463. The number of anilines is 1. The molecule has 0 aliphatic carbocycles. The summed E-state index contributed by atoms with van der Waals surface area (Å²) in [6, 6.07) is 10.4. The zero-order valence-electron chi connectivity index (χ0n) is 11.2. The van der Waals surface area contributed by atoms with Crippen LogP contribution >= 0.6 is 0 Å². The van der Waals surface area contributed by atoms with Crippen molar-refractivity contribution in [1.82, 2.24) is 4.98 Å². The zero-order chi connectivity index (χ0) is 14.5. The summed E-state index contributed by atoms with van der Waals surface area (Å²) >= 11 is 0. The topological polar surface area (TPSA) is 77.3 Å². The Labute approximate surface area is 116 Å². The first-order valence-corrected chi connectivity index (χ1v) is 6.11. The molecule has 0 saturated heterocycles. The number of methoxy groups -OCH3 is 1. The van der Waals surface area contributed by atoms with Gasteiger partial charge < -0.3 is 10.1 Å². The van der Waals surface area contributed by atoms with Gasteiger partial charge in [0.25, 0.3) is 0 Å². The molecule has 0 fully saturated rings. The lowest BCUT2D eigenvalue weighted by Gasteiger charge is -2.15. The van der Waals surface area contributed by atoms with E-state index in [4.69, 9.17) is 4.74 Å². The van der Waals surface area contributed by atoms with E-state index in [9.17, 15) is 10.1 Å². The van der Waals surface area contributed by atoms with Crippen LogP contribution in [0.15, 0.2) is 42.6 Å². The van der Waals surface area contributed by atoms with Gasteiger partial charge in [-0.15, -0.1) is 0 Å². The van der Waals surface area contributed by atoms with Gasteiger partial charge >= 0.3 is 5.69 Å². The summed E-state index contributed by atoms with van der Waals surface area (Å²) in [5, 5.41) is 14.2. The molecule has 0 amide bonds. The Kier molecular flexibility index (Phi) is 4.14. The van der Waals surface area contributed by atoms with Crippen LogP contribution in [0, 0.1) is 10.1 Å². The fourth-order valence-electron chi connectivity index (χ4n) is 1.88. The van der Waals surface area contributed by atoms with Crippen molar-refractivity contribution in [3.8, 4) is 5.75 Å². The van der Waals surface area contributed by atoms with E-state index in [0.29, 0.717) is 5.69 Å². The summed E-state index contributed by atoms with van der Waals surface area (Å²) in [5.74, 6) is 0.242. The number of rotatable bonds is 5. The lowest BCUT2D eigenvalue weighted by molar-refractivity contribution is -0.385. The molecule has 0 spiro atoms. The highest BCUT2D eigenvalue weighted by atomic mass is 16.6. The minimum Gasteiger partial charge on any atom is -0.490 e. The Morgan fingerprint density at radius 3 is 2.75 bits per heavy atom. The second kappa shape index (κ2) is 6.01. The van der Waals surface area contributed by atoms with E-state index in [1.807, 2.05) is 25.1 Å². The van der Waals surface area contributed by atoms with Crippen LogP contribution in [0.3, 0.4) is 0 Å². The van der Waals surface area contributed by atoms with E-state index in [-0.39, 0.29) is 17.5 Å². The van der Waals surface area contributed by atoms with Gasteiger partial charge in [0.15, 0.2) is 5.75 Å². The summed E-state index contributed by atoms with van der Waals surface area (Å²) in [6.45, 7) is 1.94. The first kappa shape index (κ1) is 13.8. The van der Waals surface area contributed by atoms with Gasteiger partial charge in [0, 0.05) is 18.0 Å². The van der Waals surface area contributed by atoms with Gasteiger partial charge in [-0.25, -0.2) is 0 Å². The Hall–Kier alpha value is -2.63. The van der Waals surface area contributed by atoms with Gasteiger partial charge in [-0.3, -0.25) is 15.1 Å². The van der Waals surface area contributed by atoms with Crippen LogP contribution in [0.1, 0.15) is 18.7 Å². The van der Waals surface area contributed by atoms with Crippen molar-refractivity contribution in [2.75, 3.05) is 12.4 Å². The standard InChI is InChI=1S/C14H15N3O3/c1-10(12-5-3-4-8-15-12)16-11-6-7-14(20-2)13(9-11)17(18)19/h3-10,16H,1-2H3. The molecule has 0 aliphatic heterocycles. The molecule has 1 unspecified atom stereocenters. The Bertz CT molecular complexity index is 602. The summed E-state index contributed by atoms with van der Waals surface area (Å²) in [5.41, 5.74) is 1.45. The van der Waals surface area contributed by atoms with Crippen LogP contribution in [0.5, 0.6) is 5.75 Å². The van der Waals surface area contributed by atoms with Gasteiger partial charge in [0.05, 0.1) is 23.8 Å². The molecule has 1 atom stereocenters. The highest BCUT2D eigenvalue weighted by molar-refractivity contribution is 5.59. The number of hydrogen-bond acceptors (Lipinski definition) is 5. The number of aromatic nitrogens is 1. The van der Waals surface area contributed by atoms with Gasteiger partial charge in [0.2, 0.25) is 0 Å².